The van der Waals surface area contributed by atoms with Crippen LogP contribution in [0.25, 0.3) is 0 Å². The Morgan fingerprint density at radius 3 is 2.40 bits per heavy atom. The van der Waals surface area contributed by atoms with Crippen LogP contribution in [0.4, 0.5) is 4.39 Å². The van der Waals surface area contributed by atoms with Gasteiger partial charge < -0.3 is 9.84 Å². The first-order valence-electron chi connectivity index (χ1n) is 4.99. The number of rotatable bonds is 3. The number of hydrogen-bond acceptors (Lipinski definition) is 2. The molecule has 3 heteroatoms. The van der Waals surface area contributed by atoms with Crippen LogP contribution in [0, 0.1) is 5.82 Å². The Bertz CT molecular complexity index is 353. The van der Waals surface area contributed by atoms with Crippen LogP contribution >= 0.6 is 0 Å². The topological polar surface area (TPSA) is 29.5 Å². The molecule has 1 rings (SSSR count). The summed E-state index contributed by atoms with van der Waals surface area (Å²) in [4.78, 5) is 0. The van der Waals surface area contributed by atoms with Crippen molar-refractivity contribution in [2.45, 2.75) is 32.8 Å². The Morgan fingerprint density at radius 2 is 2.00 bits per heavy atom. The van der Waals surface area contributed by atoms with E-state index in [1.165, 1.54) is 13.2 Å². The minimum absolute atomic E-state index is 0.289. The van der Waals surface area contributed by atoms with Crippen LogP contribution in [0.5, 0.6) is 5.75 Å². The summed E-state index contributed by atoms with van der Waals surface area (Å²) in [6.45, 7) is 5.18. The maximum atomic E-state index is 13.4. The zero-order chi connectivity index (χ0) is 11.6. The molecule has 1 N–H and O–H groups in total. The molecule has 0 aliphatic carbocycles. The van der Waals surface area contributed by atoms with E-state index in [4.69, 9.17) is 4.74 Å². The summed E-state index contributed by atoms with van der Waals surface area (Å²) in [7, 11) is 1.47. The molecular formula is C12H17FO2. The summed E-state index contributed by atoms with van der Waals surface area (Å²) in [6, 6.07) is 2.99. The minimum Gasteiger partial charge on any atom is -0.496 e. The summed E-state index contributed by atoms with van der Waals surface area (Å²) in [5.41, 5.74) is 0.180. The number of methoxy groups -OCH3 is 1. The summed E-state index contributed by atoms with van der Waals surface area (Å²) in [5, 5.41) is 9.91. The van der Waals surface area contributed by atoms with Crippen molar-refractivity contribution in [3.05, 3.63) is 29.1 Å². The number of hydrogen-bond donors (Lipinski definition) is 1. The molecule has 1 aromatic rings. The lowest BCUT2D eigenvalue weighted by molar-refractivity contribution is 0.0754. The lowest BCUT2D eigenvalue weighted by atomic mass is 9.94. The van der Waals surface area contributed by atoms with E-state index in [-0.39, 0.29) is 5.82 Å². The van der Waals surface area contributed by atoms with Gasteiger partial charge in [0.25, 0.3) is 0 Å². The van der Waals surface area contributed by atoms with Gasteiger partial charge in [-0.2, -0.15) is 0 Å². The molecule has 0 bridgehead atoms. The van der Waals surface area contributed by atoms with E-state index in [0.717, 1.165) is 0 Å². The summed E-state index contributed by atoms with van der Waals surface area (Å²) >= 11 is 0. The zero-order valence-corrected chi connectivity index (χ0v) is 9.60. The monoisotopic (exact) mass is 212 g/mol. The van der Waals surface area contributed by atoms with Gasteiger partial charge in [-0.05, 0) is 31.9 Å². The molecular weight excluding hydrogens is 195 g/mol. The van der Waals surface area contributed by atoms with Crippen molar-refractivity contribution in [2.24, 2.45) is 0 Å². The molecule has 0 amide bonds. The van der Waals surface area contributed by atoms with E-state index in [2.05, 4.69) is 0 Å². The first-order valence-corrected chi connectivity index (χ1v) is 4.99. The van der Waals surface area contributed by atoms with E-state index < -0.39 is 5.60 Å². The second-order valence-electron chi connectivity index (χ2n) is 4.06. The van der Waals surface area contributed by atoms with Gasteiger partial charge in [-0.15, -0.1) is 0 Å². The molecule has 0 saturated heterocycles. The van der Waals surface area contributed by atoms with Crippen molar-refractivity contribution in [3.63, 3.8) is 0 Å². The summed E-state index contributed by atoms with van der Waals surface area (Å²) in [5.74, 6) is 0.0968. The highest BCUT2D eigenvalue weighted by Gasteiger charge is 2.22. The molecule has 0 heterocycles. The predicted molar refractivity (Wildman–Crippen MR) is 57.6 cm³/mol. The molecule has 0 fully saturated rings. The molecule has 0 unspecified atom stereocenters. The van der Waals surface area contributed by atoms with E-state index >= 15 is 0 Å². The molecule has 1 aromatic carbocycles. The molecule has 0 atom stereocenters. The van der Waals surface area contributed by atoms with Crippen molar-refractivity contribution in [3.8, 4) is 5.75 Å². The highest BCUT2D eigenvalue weighted by atomic mass is 19.1. The fraction of sp³-hybridized carbons (Fsp3) is 0.500. The maximum Gasteiger partial charge on any atom is 0.130 e. The van der Waals surface area contributed by atoms with Gasteiger partial charge in [0, 0.05) is 11.6 Å². The number of aryl methyl sites for hydroxylation is 1. The number of halogens is 1. The second kappa shape index (κ2) is 4.19. The molecule has 0 radical (unpaired) electrons. The quantitative estimate of drug-likeness (QED) is 0.834. The Kier molecular flexibility index (Phi) is 3.35. The Hall–Kier alpha value is -1.09. The van der Waals surface area contributed by atoms with Gasteiger partial charge in [0.2, 0.25) is 0 Å². The standard InChI is InChI=1S/C12H17FO2/c1-5-8-6-9(12(2,3)14)11(15-4)7-10(8)13/h6-7,14H,5H2,1-4H3. The lowest BCUT2D eigenvalue weighted by Crippen LogP contribution is -2.17. The van der Waals surface area contributed by atoms with Gasteiger partial charge in [0.15, 0.2) is 0 Å². The van der Waals surface area contributed by atoms with Crippen LogP contribution in [0.15, 0.2) is 12.1 Å². The molecule has 15 heavy (non-hydrogen) atoms. The van der Waals surface area contributed by atoms with Crippen molar-refractivity contribution in [1.29, 1.82) is 0 Å². The second-order valence-corrected chi connectivity index (χ2v) is 4.06. The fourth-order valence-corrected chi connectivity index (χ4v) is 1.52. The average Bonchev–Trinajstić information content (AvgIpc) is 2.15. The zero-order valence-electron chi connectivity index (χ0n) is 9.60. The third kappa shape index (κ3) is 2.48. The van der Waals surface area contributed by atoms with Gasteiger partial charge in [-0.25, -0.2) is 4.39 Å². The average molecular weight is 212 g/mol. The van der Waals surface area contributed by atoms with Crippen molar-refractivity contribution < 1.29 is 14.2 Å². The molecule has 2 nitrogen and oxygen atoms in total. The molecule has 0 aromatic heterocycles. The number of ether oxygens (including phenoxy) is 1. The lowest BCUT2D eigenvalue weighted by Gasteiger charge is -2.22. The van der Waals surface area contributed by atoms with E-state index in [9.17, 15) is 9.50 Å². The third-order valence-corrected chi connectivity index (χ3v) is 2.41. The van der Waals surface area contributed by atoms with Gasteiger partial charge in [0.05, 0.1) is 12.7 Å². The van der Waals surface area contributed by atoms with Crippen molar-refractivity contribution in [1.82, 2.24) is 0 Å². The Balaban J connectivity index is 3.36. The number of benzene rings is 1. The van der Waals surface area contributed by atoms with Gasteiger partial charge in [-0.1, -0.05) is 6.92 Å². The first kappa shape index (κ1) is 12.0. The normalized spacial score (nSPS) is 11.6. The largest absolute Gasteiger partial charge is 0.496 e. The smallest absolute Gasteiger partial charge is 0.130 e. The van der Waals surface area contributed by atoms with Crippen LogP contribution < -0.4 is 4.74 Å². The maximum absolute atomic E-state index is 13.4. The van der Waals surface area contributed by atoms with Crippen LogP contribution in [0.3, 0.4) is 0 Å². The minimum atomic E-state index is -1.02. The first-order chi connectivity index (χ1) is 6.90. The Morgan fingerprint density at radius 1 is 1.40 bits per heavy atom. The summed E-state index contributed by atoms with van der Waals surface area (Å²) in [6.07, 6.45) is 0.596. The van der Waals surface area contributed by atoms with E-state index in [1.54, 1.807) is 19.9 Å². The van der Waals surface area contributed by atoms with Crippen LogP contribution in [-0.4, -0.2) is 12.2 Å². The SMILES string of the molecule is CCc1cc(C(C)(C)O)c(OC)cc1F. The molecule has 0 saturated carbocycles. The van der Waals surface area contributed by atoms with Crippen LogP contribution in [0.1, 0.15) is 31.9 Å². The number of aliphatic hydroxyl groups is 1. The predicted octanol–water partition coefficient (Wildman–Crippen LogP) is 2.62. The molecule has 0 aliphatic heterocycles. The third-order valence-electron chi connectivity index (χ3n) is 2.41. The Labute approximate surface area is 89.7 Å². The van der Waals surface area contributed by atoms with E-state index in [1.807, 2.05) is 6.92 Å². The van der Waals surface area contributed by atoms with Crippen LogP contribution in [-0.2, 0) is 12.0 Å². The van der Waals surface area contributed by atoms with Crippen molar-refractivity contribution in [2.75, 3.05) is 7.11 Å². The fourth-order valence-electron chi connectivity index (χ4n) is 1.52. The van der Waals surface area contributed by atoms with Gasteiger partial charge >= 0.3 is 0 Å². The van der Waals surface area contributed by atoms with E-state index in [0.29, 0.717) is 23.3 Å². The van der Waals surface area contributed by atoms with Crippen LogP contribution in [0.2, 0.25) is 0 Å². The highest BCUT2D eigenvalue weighted by molar-refractivity contribution is 5.41. The van der Waals surface area contributed by atoms with Crippen molar-refractivity contribution >= 4 is 0 Å². The molecule has 84 valence electrons. The molecule has 0 spiro atoms. The summed E-state index contributed by atoms with van der Waals surface area (Å²) < 4.78 is 18.5. The van der Waals surface area contributed by atoms with Gasteiger partial charge in [0.1, 0.15) is 11.6 Å². The molecule has 0 aliphatic rings. The highest BCUT2D eigenvalue weighted by Crippen LogP contribution is 2.31. The van der Waals surface area contributed by atoms with Gasteiger partial charge in [-0.3, -0.25) is 0 Å².